The minimum Gasteiger partial charge on any atom is -0.432 e. The first kappa shape index (κ1) is 15.4. The molecule has 0 saturated heterocycles. The van der Waals surface area contributed by atoms with Gasteiger partial charge in [-0.15, -0.1) is 0 Å². The van der Waals surface area contributed by atoms with Crippen LogP contribution in [0.25, 0.3) is 0 Å². The van der Waals surface area contributed by atoms with Gasteiger partial charge in [0, 0.05) is 11.7 Å². The van der Waals surface area contributed by atoms with Crippen LogP contribution in [0.1, 0.15) is 27.7 Å². The molecule has 0 radical (unpaired) electrons. The van der Waals surface area contributed by atoms with Gasteiger partial charge < -0.3 is 9.26 Å². The minimum atomic E-state index is -3.15. The van der Waals surface area contributed by atoms with Crippen molar-refractivity contribution in [2.45, 2.75) is 34.0 Å². The highest BCUT2D eigenvalue weighted by Crippen LogP contribution is 2.48. The summed E-state index contributed by atoms with van der Waals surface area (Å²) in [6.07, 6.45) is -0.683. The highest BCUT2D eigenvalue weighted by atomic mass is 31.2. The molecule has 2 unspecified atom stereocenters. The van der Waals surface area contributed by atoms with Crippen LogP contribution in [0.15, 0.2) is 12.2 Å². The zero-order valence-corrected chi connectivity index (χ0v) is 11.1. The van der Waals surface area contributed by atoms with E-state index in [4.69, 9.17) is 13.8 Å². The fraction of sp³-hybridized carbons (Fsp3) is 0.700. The molecule has 6 heteroatoms. The third kappa shape index (κ3) is 5.45. The summed E-state index contributed by atoms with van der Waals surface area (Å²) in [5, 5.41) is 0. The number of carbonyl (C=O) groups excluding carboxylic acids is 1. The predicted molar refractivity (Wildman–Crippen MR) is 61.2 cm³/mol. The summed E-state index contributed by atoms with van der Waals surface area (Å²) in [6, 6.07) is 0. The van der Waals surface area contributed by atoms with Gasteiger partial charge in [0.25, 0.3) is 0 Å². The van der Waals surface area contributed by atoms with Gasteiger partial charge in [0.05, 0.1) is 6.61 Å². The SMILES string of the molecule is C=C(C)C(=O)OC(C)OP(=O)(CC)OCC. The smallest absolute Gasteiger partial charge is 0.335 e. The molecule has 0 aliphatic heterocycles. The highest BCUT2D eigenvalue weighted by molar-refractivity contribution is 7.53. The normalized spacial score (nSPS) is 16.2. The van der Waals surface area contributed by atoms with E-state index in [0.717, 1.165) is 0 Å². The summed E-state index contributed by atoms with van der Waals surface area (Å²) < 4.78 is 26.8. The number of carbonyl (C=O) groups is 1. The van der Waals surface area contributed by atoms with Gasteiger partial charge in [0.15, 0.2) is 0 Å². The molecule has 0 aromatic rings. The molecule has 0 amide bonds. The van der Waals surface area contributed by atoms with E-state index in [2.05, 4.69) is 6.58 Å². The van der Waals surface area contributed by atoms with Gasteiger partial charge in [-0.05, 0) is 20.8 Å². The van der Waals surface area contributed by atoms with Gasteiger partial charge >= 0.3 is 13.6 Å². The average molecular weight is 250 g/mol. The van der Waals surface area contributed by atoms with Crippen LogP contribution in [0.3, 0.4) is 0 Å². The Morgan fingerprint density at radius 1 is 1.44 bits per heavy atom. The van der Waals surface area contributed by atoms with E-state index in [1.54, 1.807) is 13.8 Å². The number of rotatable bonds is 7. The number of hydrogen-bond donors (Lipinski definition) is 0. The third-order valence-corrected chi connectivity index (χ3v) is 3.69. The first-order valence-electron chi connectivity index (χ1n) is 5.13. The molecular weight excluding hydrogens is 231 g/mol. The van der Waals surface area contributed by atoms with Crippen LogP contribution in [0.2, 0.25) is 0 Å². The molecule has 16 heavy (non-hydrogen) atoms. The van der Waals surface area contributed by atoms with E-state index in [1.165, 1.54) is 13.8 Å². The van der Waals surface area contributed by atoms with Gasteiger partial charge in [-0.1, -0.05) is 13.5 Å². The van der Waals surface area contributed by atoms with Crippen molar-refractivity contribution in [3.63, 3.8) is 0 Å². The summed E-state index contributed by atoms with van der Waals surface area (Å²) in [4.78, 5) is 11.2. The third-order valence-electron chi connectivity index (χ3n) is 1.64. The largest absolute Gasteiger partial charge is 0.432 e. The summed E-state index contributed by atoms with van der Waals surface area (Å²) in [6.45, 7) is 10.1. The molecule has 2 atom stereocenters. The molecule has 94 valence electrons. The van der Waals surface area contributed by atoms with Gasteiger partial charge in [0.2, 0.25) is 6.29 Å². The first-order chi connectivity index (χ1) is 7.34. The minimum absolute atomic E-state index is 0.232. The van der Waals surface area contributed by atoms with Crippen molar-refractivity contribution in [1.29, 1.82) is 0 Å². The Morgan fingerprint density at radius 3 is 2.38 bits per heavy atom. The second-order valence-corrected chi connectivity index (χ2v) is 5.53. The van der Waals surface area contributed by atoms with Crippen molar-refractivity contribution >= 4 is 13.6 Å². The highest BCUT2D eigenvalue weighted by Gasteiger charge is 2.26. The molecule has 0 aliphatic carbocycles. The molecule has 5 nitrogen and oxygen atoms in total. The molecule has 0 aliphatic rings. The standard InChI is InChI=1S/C10H19O5P/c1-6-13-16(12,7-2)15-9(5)14-10(11)8(3)4/h9H,3,6-7H2,1-2,4-5H3. The lowest BCUT2D eigenvalue weighted by Crippen LogP contribution is -2.18. The molecule has 0 saturated carbocycles. The van der Waals surface area contributed by atoms with Gasteiger partial charge in [0.1, 0.15) is 0 Å². The van der Waals surface area contributed by atoms with Crippen LogP contribution in [0, 0.1) is 0 Å². The molecule has 0 heterocycles. The Hall–Kier alpha value is -0.640. The number of hydrogen-bond acceptors (Lipinski definition) is 5. The molecule has 0 fully saturated rings. The van der Waals surface area contributed by atoms with Gasteiger partial charge in [-0.2, -0.15) is 0 Å². The quantitative estimate of drug-likeness (QED) is 0.301. The van der Waals surface area contributed by atoms with Crippen LogP contribution in [-0.2, 0) is 23.1 Å². The van der Waals surface area contributed by atoms with Crippen molar-refractivity contribution in [1.82, 2.24) is 0 Å². The van der Waals surface area contributed by atoms with Crippen LogP contribution < -0.4 is 0 Å². The van der Waals surface area contributed by atoms with Crippen LogP contribution >= 0.6 is 7.60 Å². The number of esters is 1. The summed E-state index contributed by atoms with van der Waals surface area (Å²) >= 11 is 0. The molecular formula is C10H19O5P. The van der Waals surface area contributed by atoms with Crippen molar-refractivity contribution in [2.24, 2.45) is 0 Å². The Labute approximate surface area is 96.3 Å². The summed E-state index contributed by atoms with van der Waals surface area (Å²) in [5.41, 5.74) is 0.262. The zero-order valence-electron chi connectivity index (χ0n) is 10.2. The van der Waals surface area contributed by atoms with E-state index in [9.17, 15) is 9.36 Å². The zero-order chi connectivity index (χ0) is 12.8. The lowest BCUT2D eigenvalue weighted by Gasteiger charge is -2.20. The van der Waals surface area contributed by atoms with Crippen LogP contribution in [0.4, 0.5) is 0 Å². The average Bonchev–Trinajstić information content (AvgIpc) is 2.17. The van der Waals surface area contributed by atoms with Gasteiger partial charge in [-0.25, -0.2) is 4.79 Å². The molecule has 0 spiro atoms. The summed E-state index contributed by atoms with van der Waals surface area (Å²) in [5.74, 6) is -0.577. The maximum atomic E-state index is 11.9. The van der Waals surface area contributed by atoms with E-state index < -0.39 is 19.9 Å². The maximum absolute atomic E-state index is 11.9. The predicted octanol–water partition coefficient (Wildman–Crippen LogP) is 2.72. The fourth-order valence-electron chi connectivity index (χ4n) is 0.892. The topological polar surface area (TPSA) is 61.8 Å². The molecule has 0 N–H and O–H groups in total. The first-order valence-corrected chi connectivity index (χ1v) is 6.86. The molecule has 0 aromatic carbocycles. The molecule has 0 bridgehead atoms. The Kier molecular flexibility index (Phi) is 6.56. The fourth-order valence-corrected chi connectivity index (χ4v) is 2.17. The Morgan fingerprint density at radius 2 is 2.00 bits per heavy atom. The lowest BCUT2D eigenvalue weighted by molar-refractivity contribution is -0.156. The van der Waals surface area contributed by atoms with E-state index >= 15 is 0 Å². The van der Waals surface area contributed by atoms with E-state index in [1.807, 2.05) is 0 Å². The Bertz CT molecular complexity index is 300. The van der Waals surface area contributed by atoms with Crippen LogP contribution in [0.5, 0.6) is 0 Å². The van der Waals surface area contributed by atoms with Crippen LogP contribution in [-0.4, -0.2) is 25.0 Å². The second-order valence-electron chi connectivity index (χ2n) is 3.20. The van der Waals surface area contributed by atoms with Crippen molar-refractivity contribution < 1.29 is 23.1 Å². The number of ether oxygens (including phenoxy) is 1. The van der Waals surface area contributed by atoms with E-state index in [0.29, 0.717) is 0 Å². The summed E-state index contributed by atoms with van der Waals surface area (Å²) in [7, 11) is -3.15. The van der Waals surface area contributed by atoms with Crippen molar-refractivity contribution in [2.75, 3.05) is 12.8 Å². The molecule has 0 aromatic heterocycles. The van der Waals surface area contributed by atoms with Crippen molar-refractivity contribution in [3.8, 4) is 0 Å². The maximum Gasteiger partial charge on any atom is 0.335 e. The monoisotopic (exact) mass is 250 g/mol. The lowest BCUT2D eigenvalue weighted by atomic mass is 10.4. The Balaban J connectivity index is 4.31. The second kappa shape index (κ2) is 6.84. The van der Waals surface area contributed by atoms with Crippen molar-refractivity contribution in [3.05, 3.63) is 12.2 Å². The van der Waals surface area contributed by atoms with E-state index in [-0.39, 0.29) is 18.3 Å². The van der Waals surface area contributed by atoms with Gasteiger partial charge in [-0.3, -0.25) is 9.09 Å². The molecule has 0 rings (SSSR count).